The van der Waals surface area contributed by atoms with Gasteiger partial charge in [0.05, 0.1) is 26.0 Å². The number of ether oxygens (including phenoxy) is 1. The zero-order chi connectivity index (χ0) is 12.3. The van der Waals surface area contributed by atoms with E-state index in [0.717, 1.165) is 12.1 Å². The van der Waals surface area contributed by atoms with Gasteiger partial charge in [0.1, 0.15) is 0 Å². The molecule has 2 aromatic heterocycles. The van der Waals surface area contributed by atoms with E-state index in [2.05, 4.69) is 20.1 Å². The zero-order valence-electron chi connectivity index (χ0n) is 9.70. The average molecular weight is 235 g/mol. The first-order chi connectivity index (χ1) is 8.22. The van der Waals surface area contributed by atoms with Crippen LogP contribution in [-0.4, -0.2) is 37.9 Å². The Labute approximate surface area is 98.0 Å². The number of aromatic nitrogens is 5. The van der Waals surface area contributed by atoms with Crippen LogP contribution in [0.1, 0.15) is 23.0 Å². The number of hydrogen-bond donors (Lipinski definition) is 0. The molecule has 0 atom stereocenters. The van der Waals surface area contributed by atoms with E-state index in [0.29, 0.717) is 6.54 Å². The number of methoxy groups -OCH3 is 1. The number of aryl methyl sites for hydroxylation is 1. The molecular formula is C10H13N5O2. The van der Waals surface area contributed by atoms with Gasteiger partial charge >= 0.3 is 5.97 Å². The van der Waals surface area contributed by atoms with Crippen molar-refractivity contribution in [2.45, 2.75) is 20.0 Å². The molecule has 0 aromatic carbocycles. The zero-order valence-corrected chi connectivity index (χ0v) is 9.70. The fourth-order valence-electron chi connectivity index (χ4n) is 1.42. The lowest BCUT2D eigenvalue weighted by molar-refractivity contribution is 0.0594. The van der Waals surface area contributed by atoms with E-state index < -0.39 is 5.97 Å². The Morgan fingerprint density at radius 3 is 2.88 bits per heavy atom. The lowest BCUT2D eigenvalue weighted by Gasteiger charge is -1.95. The van der Waals surface area contributed by atoms with Crippen molar-refractivity contribution in [1.29, 1.82) is 0 Å². The minimum atomic E-state index is -0.486. The first kappa shape index (κ1) is 11.3. The van der Waals surface area contributed by atoms with Crippen LogP contribution in [0.25, 0.3) is 0 Å². The van der Waals surface area contributed by atoms with Gasteiger partial charge in [-0.3, -0.25) is 4.68 Å². The summed E-state index contributed by atoms with van der Waals surface area (Å²) in [6.45, 7) is 3.37. The van der Waals surface area contributed by atoms with Gasteiger partial charge in [-0.15, -0.1) is 5.10 Å². The number of rotatable bonds is 4. The molecule has 0 radical (unpaired) electrons. The maximum Gasteiger partial charge on any atom is 0.360 e. The van der Waals surface area contributed by atoms with Gasteiger partial charge in [-0.05, 0) is 6.92 Å². The van der Waals surface area contributed by atoms with Gasteiger partial charge in [-0.2, -0.15) is 5.10 Å². The van der Waals surface area contributed by atoms with E-state index in [4.69, 9.17) is 0 Å². The molecule has 90 valence electrons. The van der Waals surface area contributed by atoms with Crippen LogP contribution in [0.2, 0.25) is 0 Å². The van der Waals surface area contributed by atoms with Gasteiger partial charge in [0.15, 0.2) is 5.69 Å². The van der Waals surface area contributed by atoms with Crippen molar-refractivity contribution in [3.05, 3.63) is 29.8 Å². The molecule has 2 rings (SSSR count). The number of carbonyl (C=O) groups excluding carboxylic acids is 1. The number of hydrogen-bond acceptors (Lipinski definition) is 5. The molecule has 2 heterocycles. The summed E-state index contributed by atoms with van der Waals surface area (Å²) in [7, 11) is 1.31. The molecule has 0 N–H and O–H groups in total. The summed E-state index contributed by atoms with van der Waals surface area (Å²) in [5, 5.41) is 11.7. The summed E-state index contributed by atoms with van der Waals surface area (Å²) in [4.78, 5) is 11.2. The standard InChI is InChI=1S/C10H13N5O2/c1-3-14-5-8(4-11-14)6-15-7-9(12-13-15)10(16)17-2/h4-5,7H,3,6H2,1-2H3. The summed E-state index contributed by atoms with van der Waals surface area (Å²) in [5.41, 5.74) is 1.21. The third-order valence-corrected chi connectivity index (χ3v) is 2.29. The van der Waals surface area contributed by atoms with Gasteiger partial charge in [-0.1, -0.05) is 5.21 Å². The van der Waals surface area contributed by atoms with Crippen LogP contribution >= 0.6 is 0 Å². The van der Waals surface area contributed by atoms with E-state index in [1.54, 1.807) is 17.1 Å². The fourth-order valence-corrected chi connectivity index (χ4v) is 1.42. The van der Waals surface area contributed by atoms with Crippen molar-refractivity contribution in [2.24, 2.45) is 0 Å². The highest BCUT2D eigenvalue weighted by molar-refractivity contribution is 5.86. The second-order valence-electron chi connectivity index (χ2n) is 3.50. The van der Waals surface area contributed by atoms with Crippen molar-refractivity contribution < 1.29 is 9.53 Å². The van der Waals surface area contributed by atoms with Gasteiger partial charge < -0.3 is 4.74 Å². The van der Waals surface area contributed by atoms with Crippen molar-refractivity contribution in [1.82, 2.24) is 24.8 Å². The van der Waals surface area contributed by atoms with E-state index in [1.807, 2.05) is 17.8 Å². The Morgan fingerprint density at radius 1 is 1.41 bits per heavy atom. The molecule has 0 aliphatic rings. The molecule has 0 amide bonds. The summed E-state index contributed by atoms with van der Waals surface area (Å²) >= 11 is 0. The lowest BCUT2D eigenvalue weighted by Crippen LogP contribution is -2.01. The Hall–Kier alpha value is -2.18. The lowest BCUT2D eigenvalue weighted by atomic mass is 10.3. The molecule has 0 saturated carbocycles. The Bertz CT molecular complexity index is 516. The number of esters is 1. The third kappa shape index (κ3) is 2.49. The molecule has 17 heavy (non-hydrogen) atoms. The van der Waals surface area contributed by atoms with E-state index in [9.17, 15) is 4.79 Å². The number of carbonyl (C=O) groups is 1. The van der Waals surface area contributed by atoms with Crippen LogP contribution in [0.15, 0.2) is 18.6 Å². The minimum absolute atomic E-state index is 0.204. The van der Waals surface area contributed by atoms with Crippen LogP contribution < -0.4 is 0 Å². The molecule has 0 spiro atoms. The van der Waals surface area contributed by atoms with E-state index in [-0.39, 0.29) is 5.69 Å². The molecule has 0 aliphatic heterocycles. The predicted molar refractivity (Wildman–Crippen MR) is 58.4 cm³/mol. The minimum Gasteiger partial charge on any atom is -0.464 e. The van der Waals surface area contributed by atoms with Crippen LogP contribution in [0.5, 0.6) is 0 Å². The second kappa shape index (κ2) is 4.77. The third-order valence-electron chi connectivity index (χ3n) is 2.29. The highest BCUT2D eigenvalue weighted by Crippen LogP contribution is 2.02. The molecule has 0 saturated heterocycles. The molecule has 0 unspecified atom stereocenters. The Balaban J connectivity index is 2.08. The smallest absolute Gasteiger partial charge is 0.360 e. The van der Waals surface area contributed by atoms with E-state index in [1.165, 1.54) is 7.11 Å². The topological polar surface area (TPSA) is 74.8 Å². The van der Waals surface area contributed by atoms with Crippen molar-refractivity contribution >= 4 is 5.97 Å². The van der Waals surface area contributed by atoms with Crippen LogP contribution in [-0.2, 0) is 17.8 Å². The highest BCUT2D eigenvalue weighted by atomic mass is 16.5. The van der Waals surface area contributed by atoms with E-state index >= 15 is 0 Å². The average Bonchev–Trinajstić information content (AvgIpc) is 2.97. The second-order valence-corrected chi connectivity index (χ2v) is 3.50. The number of nitrogens with zero attached hydrogens (tertiary/aromatic N) is 5. The SMILES string of the molecule is CCn1cc(Cn2cc(C(=O)OC)nn2)cn1. The fraction of sp³-hybridized carbons (Fsp3) is 0.400. The molecule has 0 bridgehead atoms. The first-order valence-electron chi connectivity index (χ1n) is 5.22. The van der Waals surface area contributed by atoms with Gasteiger partial charge in [0.2, 0.25) is 0 Å². The maximum absolute atomic E-state index is 11.2. The van der Waals surface area contributed by atoms with Crippen LogP contribution in [0.3, 0.4) is 0 Å². The monoisotopic (exact) mass is 235 g/mol. The summed E-state index contributed by atoms with van der Waals surface area (Å²) in [5.74, 6) is -0.486. The molecular weight excluding hydrogens is 222 g/mol. The Morgan fingerprint density at radius 2 is 2.24 bits per heavy atom. The van der Waals surface area contributed by atoms with Crippen LogP contribution in [0.4, 0.5) is 0 Å². The summed E-state index contributed by atoms with van der Waals surface area (Å²) < 4.78 is 7.95. The predicted octanol–water partition coefficient (Wildman–Crippen LogP) is 0.329. The molecule has 7 heteroatoms. The first-order valence-corrected chi connectivity index (χ1v) is 5.22. The summed E-state index contributed by atoms with van der Waals surface area (Å²) in [6, 6.07) is 0. The van der Waals surface area contributed by atoms with Crippen molar-refractivity contribution in [2.75, 3.05) is 7.11 Å². The van der Waals surface area contributed by atoms with Gasteiger partial charge in [0, 0.05) is 18.3 Å². The van der Waals surface area contributed by atoms with Gasteiger partial charge in [0.25, 0.3) is 0 Å². The largest absolute Gasteiger partial charge is 0.464 e. The van der Waals surface area contributed by atoms with Crippen molar-refractivity contribution in [3.63, 3.8) is 0 Å². The molecule has 0 aliphatic carbocycles. The van der Waals surface area contributed by atoms with Gasteiger partial charge in [-0.25, -0.2) is 9.48 Å². The molecule has 0 fully saturated rings. The molecule has 2 aromatic rings. The maximum atomic E-state index is 11.2. The normalized spacial score (nSPS) is 10.5. The Kier molecular flexibility index (Phi) is 3.17. The van der Waals surface area contributed by atoms with Crippen molar-refractivity contribution in [3.8, 4) is 0 Å². The summed E-state index contributed by atoms with van der Waals surface area (Å²) in [6.07, 6.45) is 5.25. The van der Waals surface area contributed by atoms with Crippen LogP contribution in [0, 0.1) is 0 Å². The molecule has 7 nitrogen and oxygen atoms in total. The highest BCUT2D eigenvalue weighted by Gasteiger charge is 2.10. The quantitative estimate of drug-likeness (QED) is 0.714.